The summed E-state index contributed by atoms with van der Waals surface area (Å²) in [6.07, 6.45) is 3.89. The van der Waals surface area contributed by atoms with Crippen LogP contribution in [0.5, 0.6) is 0 Å². The zero-order valence-corrected chi connectivity index (χ0v) is 8.59. The Bertz CT molecular complexity index is 90.5. The highest BCUT2D eigenvalue weighted by Crippen LogP contribution is 2.16. The van der Waals surface area contributed by atoms with Gasteiger partial charge in [0.1, 0.15) is 0 Å². The van der Waals surface area contributed by atoms with Crippen molar-refractivity contribution in [1.82, 2.24) is 4.90 Å². The van der Waals surface area contributed by atoms with Crippen LogP contribution in [0.4, 0.5) is 0 Å². The minimum atomic E-state index is 0. The summed E-state index contributed by atoms with van der Waals surface area (Å²) in [7, 11) is 2.19. The van der Waals surface area contributed by atoms with Crippen LogP contribution in [0, 0.1) is 0 Å². The van der Waals surface area contributed by atoms with Crippen molar-refractivity contribution in [2.45, 2.75) is 25.3 Å². The summed E-state index contributed by atoms with van der Waals surface area (Å²) in [4.78, 5) is 2.41. The van der Waals surface area contributed by atoms with E-state index in [0.717, 1.165) is 12.6 Å². The van der Waals surface area contributed by atoms with E-state index in [1.807, 2.05) is 0 Å². The van der Waals surface area contributed by atoms with E-state index in [4.69, 9.17) is 5.73 Å². The normalized spacial score (nSPS) is 24.0. The second-order valence-electron chi connectivity index (χ2n) is 2.85. The molecule has 2 N–H and O–H groups in total. The third-order valence-corrected chi connectivity index (χ3v) is 2.17. The van der Waals surface area contributed by atoms with Crippen molar-refractivity contribution < 1.29 is 0 Å². The molecule has 4 heteroatoms. The summed E-state index contributed by atoms with van der Waals surface area (Å²) >= 11 is 0. The van der Waals surface area contributed by atoms with Crippen LogP contribution in [0.25, 0.3) is 0 Å². The quantitative estimate of drug-likeness (QED) is 0.729. The Labute approximate surface area is 81.3 Å². The molecule has 0 aliphatic carbocycles. The van der Waals surface area contributed by atoms with Crippen molar-refractivity contribution in [3.63, 3.8) is 0 Å². The smallest absolute Gasteiger partial charge is 0.0105 e. The van der Waals surface area contributed by atoms with Gasteiger partial charge in [-0.25, -0.2) is 0 Å². The zero-order valence-electron chi connectivity index (χ0n) is 6.95. The molecule has 0 saturated carbocycles. The lowest BCUT2D eigenvalue weighted by atomic mass is 10.1. The summed E-state index contributed by atoms with van der Waals surface area (Å²) < 4.78 is 0. The molecule has 0 radical (unpaired) electrons. The van der Waals surface area contributed by atoms with Gasteiger partial charge in [0.05, 0.1) is 0 Å². The van der Waals surface area contributed by atoms with Crippen molar-refractivity contribution >= 4 is 24.8 Å². The van der Waals surface area contributed by atoms with Crippen LogP contribution in [0.3, 0.4) is 0 Å². The van der Waals surface area contributed by atoms with Crippen molar-refractivity contribution in [2.24, 2.45) is 5.73 Å². The molecule has 11 heavy (non-hydrogen) atoms. The molecule has 1 heterocycles. The van der Waals surface area contributed by atoms with Gasteiger partial charge in [-0.05, 0) is 39.4 Å². The lowest BCUT2D eigenvalue weighted by molar-refractivity contribution is 0.299. The van der Waals surface area contributed by atoms with Crippen molar-refractivity contribution in [1.29, 1.82) is 0 Å². The van der Waals surface area contributed by atoms with Gasteiger partial charge in [0, 0.05) is 6.04 Å². The van der Waals surface area contributed by atoms with Crippen LogP contribution >= 0.6 is 24.8 Å². The van der Waals surface area contributed by atoms with Crippen LogP contribution in [-0.4, -0.2) is 31.1 Å². The molecule has 0 aromatic carbocycles. The monoisotopic (exact) mass is 200 g/mol. The Kier molecular flexibility index (Phi) is 9.15. The fourth-order valence-corrected chi connectivity index (χ4v) is 1.54. The van der Waals surface area contributed by atoms with E-state index in [1.54, 1.807) is 0 Å². The van der Waals surface area contributed by atoms with Gasteiger partial charge in [-0.1, -0.05) is 0 Å². The number of nitrogens with two attached hydrogens (primary N) is 1. The topological polar surface area (TPSA) is 29.3 Å². The maximum atomic E-state index is 5.44. The highest BCUT2D eigenvalue weighted by molar-refractivity contribution is 5.85. The van der Waals surface area contributed by atoms with E-state index in [-0.39, 0.29) is 24.8 Å². The molecule has 0 unspecified atom stereocenters. The molecule has 0 aromatic rings. The second kappa shape index (κ2) is 7.17. The Balaban J connectivity index is 0. The van der Waals surface area contributed by atoms with Crippen LogP contribution in [0.2, 0.25) is 0 Å². The third-order valence-electron chi connectivity index (χ3n) is 2.17. The fraction of sp³-hybridized carbons (Fsp3) is 1.00. The highest BCUT2D eigenvalue weighted by Gasteiger charge is 2.18. The number of rotatable bonds is 2. The summed E-state index contributed by atoms with van der Waals surface area (Å²) in [6.45, 7) is 2.11. The molecule has 1 fully saturated rings. The average molecular weight is 201 g/mol. The molecule has 1 saturated heterocycles. The summed E-state index contributed by atoms with van der Waals surface area (Å²) in [5, 5.41) is 0. The number of likely N-dealkylation sites (tertiary alicyclic amines) is 1. The predicted molar refractivity (Wildman–Crippen MR) is 53.8 cm³/mol. The zero-order chi connectivity index (χ0) is 6.69. The van der Waals surface area contributed by atoms with E-state index in [1.165, 1.54) is 25.8 Å². The van der Waals surface area contributed by atoms with Gasteiger partial charge in [-0.2, -0.15) is 0 Å². The first kappa shape index (κ1) is 14.0. The molecular formula is C7H18Cl2N2. The summed E-state index contributed by atoms with van der Waals surface area (Å²) in [5.74, 6) is 0. The van der Waals surface area contributed by atoms with Gasteiger partial charge in [0.15, 0.2) is 0 Å². The molecule has 0 amide bonds. The maximum absolute atomic E-state index is 5.44. The van der Waals surface area contributed by atoms with Crippen molar-refractivity contribution in [2.75, 3.05) is 20.1 Å². The lowest BCUT2D eigenvalue weighted by Gasteiger charge is -2.17. The Hall–Kier alpha value is 0.500. The van der Waals surface area contributed by atoms with Gasteiger partial charge in [-0.15, -0.1) is 24.8 Å². The van der Waals surface area contributed by atoms with Crippen molar-refractivity contribution in [3.05, 3.63) is 0 Å². The Morgan fingerprint density at radius 1 is 1.45 bits per heavy atom. The van der Waals surface area contributed by atoms with Gasteiger partial charge in [0.2, 0.25) is 0 Å². The summed E-state index contributed by atoms with van der Waals surface area (Å²) in [5.41, 5.74) is 5.44. The molecule has 0 bridgehead atoms. The van der Waals surface area contributed by atoms with Crippen LogP contribution in [0.1, 0.15) is 19.3 Å². The van der Waals surface area contributed by atoms with Crippen LogP contribution in [-0.2, 0) is 0 Å². The maximum Gasteiger partial charge on any atom is 0.0105 e. The fourth-order valence-electron chi connectivity index (χ4n) is 1.54. The van der Waals surface area contributed by atoms with E-state index in [2.05, 4.69) is 11.9 Å². The first-order valence-corrected chi connectivity index (χ1v) is 3.75. The summed E-state index contributed by atoms with van der Waals surface area (Å²) in [6, 6.07) is 0.787. The molecule has 0 spiro atoms. The van der Waals surface area contributed by atoms with Gasteiger partial charge < -0.3 is 10.6 Å². The third kappa shape index (κ3) is 4.16. The standard InChI is InChI=1S/C7H16N2.2ClH/c1-9-6-2-3-7(9)4-5-8;;/h7H,2-6,8H2,1H3;2*1H/t7-;;/m0../s1. The highest BCUT2D eigenvalue weighted by atomic mass is 35.5. The number of halogens is 2. The van der Waals surface area contributed by atoms with Crippen LogP contribution in [0.15, 0.2) is 0 Å². The molecule has 2 nitrogen and oxygen atoms in total. The number of hydrogen-bond donors (Lipinski definition) is 1. The van der Waals surface area contributed by atoms with Crippen LogP contribution < -0.4 is 5.73 Å². The minimum absolute atomic E-state index is 0. The molecule has 0 aromatic heterocycles. The molecule has 1 aliphatic heterocycles. The van der Waals surface area contributed by atoms with Gasteiger partial charge in [0.25, 0.3) is 0 Å². The average Bonchev–Trinajstić information content (AvgIpc) is 2.18. The Morgan fingerprint density at radius 3 is 2.45 bits per heavy atom. The number of nitrogens with zero attached hydrogens (tertiary/aromatic N) is 1. The lowest BCUT2D eigenvalue weighted by Crippen LogP contribution is -2.27. The largest absolute Gasteiger partial charge is 0.330 e. The number of hydrogen-bond acceptors (Lipinski definition) is 2. The van der Waals surface area contributed by atoms with Crippen molar-refractivity contribution in [3.8, 4) is 0 Å². The molecular weight excluding hydrogens is 183 g/mol. The predicted octanol–water partition coefficient (Wildman–Crippen LogP) is 1.27. The minimum Gasteiger partial charge on any atom is -0.330 e. The first-order chi connectivity index (χ1) is 4.34. The Morgan fingerprint density at radius 2 is 2.09 bits per heavy atom. The van der Waals surface area contributed by atoms with E-state index < -0.39 is 0 Å². The van der Waals surface area contributed by atoms with E-state index in [0.29, 0.717) is 0 Å². The first-order valence-electron chi connectivity index (χ1n) is 3.75. The van der Waals surface area contributed by atoms with E-state index in [9.17, 15) is 0 Å². The SMILES string of the molecule is CN1CCC[C@H]1CCN.Cl.Cl. The molecule has 1 aliphatic rings. The van der Waals surface area contributed by atoms with E-state index >= 15 is 0 Å². The van der Waals surface area contributed by atoms with Gasteiger partial charge >= 0.3 is 0 Å². The molecule has 1 rings (SSSR count). The molecule has 1 atom stereocenters. The van der Waals surface area contributed by atoms with Gasteiger partial charge in [-0.3, -0.25) is 0 Å². The molecule has 70 valence electrons. The second-order valence-corrected chi connectivity index (χ2v) is 2.85.